The Hall–Kier alpha value is -2.17. The Labute approximate surface area is 259 Å². The lowest BCUT2D eigenvalue weighted by Gasteiger charge is -2.19. The van der Waals surface area contributed by atoms with Crippen molar-refractivity contribution in [1.82, 2.24) is 5.32 Å². The smallest absolute Gasteiger partial charge is 0.224 e. The minimum atomic E-state index is -0.880. The van der Waals surface area contributed by atoms with Gasteiger partial charge in [0.2, 0.25) is 5.91 Å². The van der Waals surface area contributed by atoms with E-state index < -0.39 is 12.1 Å². The molecule has 4 nitrogen and oxygen atoms in total. The van der Waals surface area contributed by atoms with Gasteiger partial charge in [-0.2, -0.15) is 0 Å². The molecule has 0 aromatic carbocycles. The molecule has 0 saturated heterocycles. The van der Waals surface area contributed by atoms with E-state index in [1.807, 2.05) is 18.2 Å². The molecule has 0 bridgehead atoms. The number of carbonyl (C=O) groups excluding carboxylic acids is 1. The maximum Gasteiger partial charge on any atom is 0.224 e. The number of amides is 1. The number of carbonyl (C=O) groups is 1. The van der Waals surface area contributed by atoms with Crippen LogP contribution in [0, 0.1) is 0 Å². The number of aliphatic hydroxyl groups excluding tert-OH is 2. The van der Waals surface area contributed by atoms with E-state index in [0.717, 1.165) is 44.9 Å². The van der Waals surface area contributed by atoms with E-state index in [1.54, 1.807) is 6.08 Å². The summed E-state index contributed by atoms with van der Waals surface area (Å²) in [7, 11) is 0. The van der Waals surface area contributed by atoms with Gasteiger partial charge in [-0.1, -0.05) is 164 Å². The number of allylic oxidation sites excluding steroid dienone is 10. The SMILES string of the molecule is CC/C=C\C/C=C\C/C=C\C/C=C\C/C=C\CC(=O)NC(CO)C(O)/C=C/CCCCCCCCCCCCCCC. The van der Waals surface area contributed by atoms with Crippen LogP contribution in [0.3, 0.4) is 0 Å². The topological polar surface area (TPSA) is 69.6 Å². The minimum absolute atomic E-state index is 0.195. The van der Waals surface area contributed by atoms with E-state index in [0.29, 0.717) is 0 Å². The first kappa shape index (κ1) is 39.8. The Kier molecular flexibility index (Phi) is 31.6. The van der Waals surface area contributed by atoms with E-state index in [1.165, 1.54) is 77.0 Å². The van der Waals surface area contributed by atoms with Crippen LogP contribution in [-0.2, 0) is 4.79 Å². The summed E-state index contributed by atoms with van der Waals surface area (Å²) in [6.45, 7) is 4.12. The standard InChI is InChI=1S/C38H65NO3/c1-3-5-7-9-11-13-15-17-19-21-23-25-27-29-31-33-37(41)36(35-40)39-38(42)34-32-30-28-26-24-22-20-18-16-14-12-10-8-6-4-2/h6,8,12,14,18,20,24,26,30-33,36-37,40-41H,3-5,7,9-11,13,15-17,19,21-23,25,27-29,34-35H2,1-2H3,(H,39,42)/b8-6-,14-12-,20-18-,26-24-,32-30-,33-31+. The van der Waals surface area contributed by atoms with Crippen LogP contribution in [0.5, 0.6) is 0 Å². The first-order valence-electron chi connectivity index (χ1n) is 17.2. The first-order chi connectivity index (χ1) is 20.7. The molecule has 2 unspecified atom stereocenters. The lowest BCUT2D eigenvalue weighted by atomic mass is 10.0. The van der Waals surface area contributed by atoms with Gasteiger partial charge in [-0.15, -0.1) is 0 Å². The zero-order valence-corrected chi connectivity index (χ0v) is 27.2. The fraction of sp³-hybridized carbons (Fsp3) is 0.658. The molecule has 0 aromatic heterocycles. The molecule has 42 heavy (non-hydrogen) atoms. The van der Waals surface area contributed by atoms with Gasteiger partial charge >= 0.3 is 0 Å². The second kappa shape index (κ2) is 33.3. The molecule has 0 aliphatic heterocycles. The summed E-state index contributed by atoms with van der Waals surface area (Å²) in [6, 6.07) is -0.678. The highest BCUT2D eigenvalue weighted by molar-refractivity contribution is 5.77. The number of hydrogen-bond donors (Lipinski definition) is 3. The van der Waals surface area contributed by atoms with Crippen LogP contribution in [0.15, 0.2) is 72.9 Å². The molecule has 0 saturated carbocycles. The molecule has 0 spiro atoms. The average molecular weight is 584 g/mol. The maximum atomic E-state index is 12.2. The van der Waals surface area contributed by atoms with Crippen molar-refractivity contribution in [2.45, 2.75) is 154 Å². The van der Waals surface area contributed by atoms with Gasteiger partial charge in [0, 0.05) is 6.42 Å². The number of aliphatic hydroxyl groups is 2. The molecule has 0 aliphatic rings. The van der Waals surface area contributed by atoms with Crippen molar-refractivity contribution in [2.75, 3.05) is 6.61 Å². The molecule has 240 valence electrons. The third-order valence-electron chi connectivity index (χ3n) is 7.22. The van der Waals surface area contributed by atoms with Crippen LogP contribution in [0.1, 0.15) is 142 Å². The van der Waals surface area contributed by atoms with Crippen LogP contribution in [0.25, 0.3) is 0 Å². The molecule has 0 radical (unpaired) electrons. The van der Waals surface area contributed by atoms with Gasteiger partial charge in [-0.25, -0.2) is 0 Å². The van der Waals surface area contributed by atoms with Gasteiger partial charge in [-0.05, 0) is 44.9 Å². The monoisotopic (exact) mass is 583 g/mol. The van der Waals surface area contributed by atoms with Gasteiger partial charge < -0.3 is 15.5 Å². The lowest BCUT2D eigenvalue weighted by Crippen LogP contribution is -2.44. The summed E-state index contributed by atoms with van der Waals surface area (Å²) in [5.74, 6) is -0.195. The van der Waals surface area contributed by atoms with Crippen LogP contribution in [0.2, 0.25) is 0 Å². The lowest BCUT2D eigenvalue weighted by molar-refractivity contribution is -0.122. The third kappa shape index (κ3) is 29.3. The first-order valence-corrected chi connectivity index (χ1v) is 17.2. The fourth-order valence-corrected chi connectivity index (χ4v) is 4.60. The van der Waals surface area contributed by atoms with Gasteiger partial charge in [0.05, 0.1) is 18.8 Å². The Balaban J connectivity index is 3.83. The van der Waals surface area contributed by atoms with E-state index in [4.69, 9.17) is 0 Å². The summed E-state index contributed by atoms with van der Waals surface area (Å²) in [6.07, 6.45) is 47.1. The molecule has 2 atom stereocenters. The predicted octanol–water partition coefficient (Wildman–Crippen LogP) is 10.0. The van der Waals surface area contributed by atoms with Crippen LogP contribution in [0.4, 0.5) is 0 Å². The van der Waals surface area contributed by atoms with Gasteiger partial charge in [0.1, 0.15) is 0 Å². The molecule has 3 N–H and O–H groups in total. The minimum Gasteiger partial charge on any atom is -0.394 e. The molecule has 0 aromatic rings. The highest BCUT2D eigenvalue weighted by Gasteiger charge is 2.17. The second-order valence-electron chi connectivity index (χ2n) is 11.2. The van der Waals surface area contributed by atoms with Crippen LogP contribution >= 0.6 is 0 Å². The molecule has 0 heterocycles. The third-order valence-corrected chi connectivity index (χ3v) is 7.22. The quantitative estimate of drug-likeness (QED) is 0.0606. The van der Waals surface area contributed by atoms with E-state index in [9.17, 15) is 15.0 Å². The average Bonchev–Trinajstić information content (AvgIpc) is 2.99. The highest BCUT2D eigenvalue weighted by atomic mass is 16.3. The number of unbranched alkanes of at least 4 members (excludes halogenated alkanes) is 13. The molecule has 4 heteroatoms. The Morgan fingerprint density at radius 3 is 1.48 bits per heavy atom. The highest BCUT2D eigenvalue weighted by Crippen LogP contribution is 2.13. The summed E-state index contributed by atoms with van der Waals surface area (Å²) in [5, 5.41) is 22.7. The normalized spacial score (nSPS) is 14.1. The molecule has 1 amide bonds. The Morgan fingerprint density at radius 1 is 0.595 bits per heavy atom. The Morgan fingerprint density at radius 2 is 1.02 bits per heavy atom. The number of hydrogen-bond acceptors (Lipinski definition) is 3. The van der Waals surface area contributed by atoms with Crippen molar-refractivity contribution >= 4 is 5.91 Å². The van der Waals surface area contributed by atoms with E-state index in [-0.39, 0.29) is 18.9 Å². The van der Waals surface area contributed by atoms with Crippen molar-refractivity contribution < 1.29 is 15.0 Å². The fourth-order valence-electron chi connectivity index (χ4n) is 4.60. The van der Waals surface area contributed by atoms with E-state index >= 15 is 0 Å². The molecular formula is C38H65NO3. The maximum absolute atomic E-state index is 12.2. The van der Waals surface area contributed by atoms with Crippen molar-refractivity contribution in [2.24, 2.45) is 0 Å². The van der Waals surface area contributed by atoms with Crippen molar-refractivity contribution in [1.29, 1.82) is 0 Å². The second-order valence-corrected chi connectivity index (χ2v) is 11.2. The largest absolute Gasteiger partial charge is 0.394 e. The van der Waals surface area contributed by atoms with Crippen molar-refractivity contribution in [3.8, 4) is 0 Å². The summed E-state index contributed by atoms with van der Waals surface area (Å²) in [4.78, 5) is 12.2. The zero-order chi connectivity index (χ0) is 30.8. The number of rotatable bonds is 29. The molecule has 0 aliphatic carbocycles. The molecule has 0 fully saturated rings. The molecular weight excluding hydrogens is 518 g/mol. The van der Waals surface area contributed by atoms with Crippen molar-refractivity contribution in [3.05, 3.63) is 72.9 Å². The molecule has 0 rings (SSSR count). The van der Waals surface area contributed by atoms with Crippen molar-refractivity contribution in [3.63, 3.8) is 0 Å². The van der Waals surface area contributed by atoms with Gasteiger partial charge in [0.25, 0.3) is 0 Å². The van der Waals surface area contributed by atoms with E-state index in [2.05, 4.69) is 67.8 Å². The predicted molar refractivity (Wildman–Crippen MR) is 184 cm³/mol. The zero-order valence-electron chi connectivity index (χ0n) is 27.2. The van der Waals surface area contributed by atoms with Crippen LogP contribution in [-0.4, -0.2) is 34.9 Å². The summed E-state index contributed by atoms with van der Waals surface area (Å²) in [5.41, 5.74) is 0. The van der Waals surface area contributed by atoms with Gasteiger partial charge in [0.15, 0.2) is 0 Å². The van der Waals surface area contributed by atoms with Gasteiger partial charge in [-0.3, -0.25) is 4.79 Å². The summed E-state index contributed by atoms with van der Waals surface area (Å²) >= 11 is 0. The van der Waals surface area contributed by atoms with Crippen LogP contribution < -0.4 is 5.32 Å². The summed E-state index contributed by atoms with van der Waals surface area (Å²) < 4.78 is 0. The Bertz CT molecular complexity index is 762. The number of nitrogens with one attached hydrogen (secondary N) is 1.